The van der Waals surface area contributed by atoms with Gasteiger partial charge in [-0.15, -0.1) is 0 Å². The van der Waals surface area contributed by atoms with Gasteiger partial charge in [0, 0.05) is 17.0 Å². The van der Waals surface area contributed by atoms with Crippen LogP contribution in [-0.4, -0.2) is 19.8 Å². The van der Waals surface area contributed by atoms with Crippen LogP contribution in [0.5, 0.6) is 11.5 Å². The van der Waals surface area contributed by atoms with Crippen LogP contribution >= 0.6 is 11.6 Å². The van der Waals surface area contributed by atoms with Crippen molar-refractivity contribution >= 4 is 11.6 Å². The van der Waals surface area contributed by atoms with E-state index >= 15 is 0 Å². The van der Waals surface area contributed by atoms with Gasteiger partial charge in [0.25, 0.3) is 0 Å². The van der Waals surface area contributed by atoms with E-state index in [1.165, 1.54) is 0 Å². The Bertz CT molecular complexity index is 631. The average molecular weight is 334 g/mol. The third kappa shape index (κ3) is 4.63. The molecule has 0 aliphatic rings. The molecule has 3 nitrogen and oxygen atoms in total. The minimum atomic E-state index is 0.145. The molecule has 23 heavy (non-hydrogen) atoms. The first-order valence-electron chi connectivity index (χ1n) is 8.02. The lowest BCUT2D eigenvalue weighted by Crippen LogP contribution is -2.16. The van der Waals surface area contributed by atoms with E-state index in [0.29, 0.717) is 19.8 Å². The monoisotopic (exact) mass is 333 g/mol. The van der Waals surface area contributed by atoms with Crippen LogP contribution in [0.1, 0.15) is 30.9 Å². The van der Waals surface area contributed by atoms with E-state index in [-0.39, 0.29) is 5.92 Å². The molecule has 2 N–H and O–H groups in total. The lowest BCUT2D eigenvalue weighted by atomic mass is 9.91. The first kappa shape index (κ1) is 17.6. The van der Waals surface area contributed by atoms with E-state index in [4.69, 9.17) is 26.8 Å². The molecule has 2 aromatic rings. The van der Waals surface area contributed by atoms with E-state index in [1.54, 1.807) is 0 Å². The van der Waals surface area contributed by atoms with Gasteiger partial charge in [-0.25, -0.2) is 0 Å². The smallest absolute Gasteiger partial charge is 0.126 e. The second-order valence-electron chi connectivity index (χ2n) is 5.29. The summed E-state index contributed by atoms with van der Waals surface area (Å²) < 4.78 is 11.4. The Labute approximate surface area is 143 Å². The maximum atomic E-state index is 6.29. The van der Waals surface area contributed by atoms with Crippen molar-refractivity contribution in [3.05, 3.63) is 58.6 Å². The summed E-state index contributed by atoms with van der Waals surface area (Å²) >= 11 is 6.29. The van der Waals surface area contributed by atoms with E-state index in [0.717, 1.165) is 34.1 Å². The van der Waals surface area contributed by atoms with Gasteiger partial charge in [0.1, 0.15) is 11.5 Å². The van der Waals surface area contributed by atoms with Gasteiger partial charge in [-0.2, -0.15) is 0 Å². The topological polar surface area (TPSA) is 44.5 Å². The van der Waals surface area contributed by atoms with Crippen LogP contribution in [0, 0.1) is 0 Å². The molecule has 0 heterocycles. The SMILES string of the molecule is CCOc1ccc(C(CN)Cc2ccccc2Cl)c(OCC)c1. The Kier molecular flexibility index (Phi) is 6.75. The Hall–Kier alpha value is -1.71. The molecule has 0 fully saturated rings. The van der Waals surface area contributed by atoms with Crippen molar-refractivity contribution in [2.45, 2.75) is 26.2 Å². The van der Waals surface area contributed by atoms with Gasteiger partial charge < -0.3 is 15.2 Å². The summed E-state index contributed by atoms with van der Waals surface area (Å²) in [5, 5.41) is 0.773. The Balaban J connectivity index is 2.30. The molecule has 1 unspecified atom stereocenters. The molecule has 0 spiro atoms. The predicted octanol–water partition coefficient (Wildman–Crippen LogP) is 4.42. The van der Waals surface area contributed by atoms with E-state index in [9.17, 15) is 0 Å². The largest absolute Gasteiger partial charge is 0.494 e. The number of halogens is 1. The fourth-order valence-electron chi connectivity index (χ4n) is 2.64. The molecule has 0 aliphatic heterocycles. The van der Waals surface area contributed by atoms with E-state index in [1.807, 2.05) is 56.3 Å². The maximum Gasteiger partial charge on any atom is 0.126 e. The molecule has 1 atom stereocenters. The van der Waals surface area contributed by atoms with Crippen molar-refractivity contribution in [1.29, 1.82) is 0 Å². The standard InChI is InChI=1S/C19H24ClNO2/c1-3-22-16-9-10-17(19(12-16)23-4-2)15(13-21)11-14-7-5-6-8-18(14)20/h5-10,12,15H,3-4,11,13,21H2,1-2H3. The number of nitrogens with two attached hydrogens (primary N) is 1. The molecule has 0 saturated heterocycles. The maximum absolute atomic E-state index is 6.29. The summed E-state index contributed by atoms with van der Waals surface area (Å²) in [4.78, 5) is 0. The highest BCUT2D eigenvalue weighted by molar-refractivity contribution is 6.31. The molecular formula is C19H24ClNO2. The second kappa shape index (κ2) is 8.80. The molecule has 0 aliphatic carbocycles. The molecule has 4 heteroatoms. The van der Waals surface area contributed by atoms with Crippen LogP contribution in [-0.2, 0) is 6.42 Å². The number of benzene rings is 2. The normalized spacial score (nSPS) is 12.0. The summed E-state index contributed by atoms with van der Waals surface area (Å²) in [5.41, 5.74) is 8.23. The quantitative estimate of drug-likeness (QED) is 0.777. The van der Waals surface area contributed by atoms with Crippen LogP contribution in [0.4, 0.5) is 0 Å². The minimum absolute atomic E-state index is 0.145. The molecule has 124 valence electrons. The van der Waals surface area contributed by atoms with E-state index in [2.05, 4.69) is 0 Å². The van der Waals surface area contributed by atoms with E-state index < -0.39 is 0 Å². The van der Waals surface area contributed by atoms with Crippen molar-refractivity contribution in [1.82, 2.24) is 0 Å². The third-order valence-electron chi connectivity index (χ3n) is 3.74. The first-order valence-corrected chi connectivity index (χ1v) is 8.40. The van der Waals surface area contributed by atoms with Gasteiger partial charge in [0.05, 0.1) is 13.2 Å². The number of hydrogen-bond donors (Lipinski definition) is 1. The summed E-state index contributed by atoms with van der Waals surface area (Å²) in [5.74, 6) is 1.79. The summed E-state index contributed by atoms with van der Waals surface area (Å²) in [6.07, 6.45) is 0.782. The lowest BCUT2D eigenvalue weighted by Gasteiger charge is -2.20. The van der Waals surface area contributed by atoms with Crippen molar-refractivity contribution in [2.24, 2.45) is 5.73 Å². The number of rotatable bonds is 8. The number of ether oxygens (including phenoxy) is 2. The zero-order chi connectivity index (χ0) is 16.7. The molecule has 0 radical (unpaired) electrons. The van der Waals surface area contributed by atoms with Crippen LogP contribution < -0.4 is 15.2 Å². The molecule has 2 aromatic carbocycles. The summed E-state index contributed by atoms with van der Waals surface area (Å²) in [6, 6.07) is 13.8. The predicted molar refractivity (Wildman–Crippen MR) is 95.7 cm³/mol. The summed E-state index contributed by atoms with van der Waals surface area (Å²) in [6.45, 7) is 5.70. The molecule has 2 rings (SSSR count). The second-order valence-corrected chi connectivity index (χ2v) is 5.70. The lowest BCUT2D eigenvalue weighted by molar-refractivity contribution is 0.319. The Morgan fingerprint density at radius 2 is 1.78 bits per heavy atom. The molecule has 0 aromatic heterocycles. The molecule has 0 amide bonds. The average Bonchev–Trinajstić information content (AvgIpc) is 2.56. The summed E-state index contributed by atoms with van der Waals surface area (Å²) in [7, 11) is 0. The van der Waals surface area contributed by atoms with Gasteiger partial charge >= 0.3 is 0 Å². The molecular weight excluding hydrogens is 310 g/mol. The fourth-order valence-corrected chi connectivity index (χ4v) is 2.85. The van der Waals surface area contributed by atoms with Gasteiger partial charge in [0.2, 0.25) is 0 Å². The highest BCUT2D eigenvalue weighted by Gasteiger charge is 2.17. The number of hydrogen-bond acceptors (Lipinski definition) is 3. The van der Waals surface area contributed by atoms with Crippen molar-refractivity contribution in [2.75, 3.05) is 19.8 Å². The van der Waals surface area contributed by atoms with Gasteiger partial charge in [-0.1, -0.05) is 35.9 Å². The Morgan fingerprint density at radius 3 is 2.43 bits per heavy atom. The molecule has 0 saturated carbocycles. The van der Waals surface area contributed by atoms with Gasteiger partial charge in [-0.05, 0) is 50.1 Å². The minimum Gasteiger partial charge on any atom is -0.494 e. The zero-order valence-corrected chi connectivity index (χ0v) is 14.5. The van der Waals surface area contributed by atoms with Crippen LogP contribution in [0.2, 0.25) is 5.02 Å². The van der Waals surface area contributed by atoms with Gasteiger partial charge in [-0.3, -0.25) is 0 Å². The first-order chi connectivity index (χ1) is 11.2. The van der Waals surface area contributed by atoms with Crippen molar-refractivity contribution < 1.29 is 9.47 Å². The third-order valence-corrected chi connectivity index (χ3v) is 4.11. The van der Waals surface area contributed by atoms with Crippen LogP contribution in [0.15, 0.2) is 42.5 Å². The molecule has 0 bridgehead atoms. The Morgan fingerprint density at radius 1 is 1.04 bits per heavy atom. The van der Waals surface area contributed by atoms with Gasteiger partial charge in [0.15, 0.2) is 0 Å². The van der Waals surface area contributed by atoms with Crippen molar-refractivity contribution in [3.63, 3.8) is 0 Å². The highest BCUT2D eigenvalue weighted by atomic mass is 35.5. The van der Waals surface area contributed by atoms with Crippen molar-refractivity contribution in [3.8, 4) is 11.5 Å². The van der Waals surface area contributed by atoms with Crippen LogP contribution in [0.3, 0.4) is 0 Å². The highest BCUT2D eigenvalue weighted by Crippen LogP contribution is 2.33. The van der Waals surface area contributed by atoms with Crippen LogP contribution in [0.25, 0.3) is 0 Å². The zero-order valence-electron chi connectivity index (χ0n) is 13.7. The fraction of sp³-hybridized carbons (Fsp3) is 0.368.